The van der Waals surface area contributed by atoms with E-state index in [1.807, 2.05) is 24.4 Å². The van der Waals surface area contributed by atoms with Gasteiger partial charge in [0.2, 0.25) is 0 Å². The molecule has 0 fully saturated rings. The summed E-state index contributed by atoms with van der Waals surface area (Å²) in [5, 5.41) is 8.56. The number of rotatable bonds is 3. The molecule has 0 bridgehead atoms. The van der Waals surface area contributed by atoms with Crippen molar-refractivity contribution in [3.05, 3.63) is 76.3 Å². The predicted molar refractivity (Wildman–Crippen MR) is 126 cm³/mol. The van der Waals surface area contributed by atoms with E-state index >= 15 is 0 Å². The SMILES string of the molecule is Fc1cc2c(cc1F)NCC(Nc1nc(-c3c[nH]c4cc(Cl)ccc34)c(Cl)n3ccnc13)C2. The molecule has 1 aliphatic heterocycles. The molecule has 3 N–H and O–H groups in total. The fraction of sp³-hybridized carbons (Fsp3) is 0.130. The minimum Gasteiger partial charge on any atom is -0.383 e. The van der Waals surface area contributed by atoms with Gasteiger partial charge in [-0.2, -0.15) is 0 Å². The zero-order valence-electron chi connectivity index (χ0n) is 17.0. The molecule has 0 radical (unpaired) electrons. The van der Waals surface area contributed by atoms with Crippen molar-refractivity contribution < 1.29 is 8.78 Å². The van der Waals surface area contributed by atoms with E-state index < -0.39 is 11.6 Å². The van der Waals surface area contributed by atoms with Crippen LogP contribution in [0.15, 0.2) is 48.9 Å². The van der Waals surface area contributed by atoms with Gasteiger partial charge in [-0.3, -0.25) is 4.40 Å². The summed E-state index contributed by atoms with van der Waals surface area (Å²) < 4.78 is 29.1. The zero-order valence-corrected chi connectivity index (χ0v) is 18.5. The summed E-state index contributed by atoms with van der Waals surface area (Å²) in [5.41, 5.74) is 4.14. The third-order valence-electron chi connectivity index (χ3n) is 5.87. The number of anilines is 2. The second-order valence-corrected chi connectivity index (χ2v) is 8.76. The maximum Gasteiger partial charge on any atom is 0.181 e. The largest absolute Gasteiger partial charge is 0.383 e. The van der Waals surface area contributed by atoms with Crippen LogP contribution in [0.3, 0.4) is 0 Å². The average molecular weight is 485 g/mol. The second kappa shape index (κ2) is 7.60. The van der Waals surface area contributed by atoms with Gasteiger partial charge in [0, 0.05) is 64.4 Å². The number of nitrogens with zero attached hydrogens (tertiary/aromatic N) is 3. The predicted octanol–water partition coefficient (Wildman–Crippen LogP) is 5.91. The molecule has 10 heteroatoms. The Bertz CT molecular complexity index is 1540. The van der Waals surface area contributed by atoms with Gasteiger partial charge < -0.3 is 15.6 Å². The maximum atomic E-state index is 13.8. The Morgan fingerprint density at radius 3 is 2.85 bits per heavy atom. The van der Waals surface area contributed by atoms with Gasteiger partial charge in [0.05, 0.1) is 0 Å². The van der Waals surface area contributed by atoms with Crippen molar-refractivity contribution in [2.45, 2.75) is 12.5 Å². The lowest BCUT2D eigenvalue weighted by atomic mass is 9.99. The van der Waals surface area contributed by atoms with Gasteiger partial charge >= 0.3 is 0 Å². The normalized spacial score (nSPS) is 15.6. The van der Waals surface area contributed by atoms with Crippen LogP contribution in [0.25, 0.3) is 27.8 Å². The summed E-state index contributed by atoms with van der Waals surface area (Å²) in [6.07, 6.45) is 5.76. The summed E-state index contributed by atoms with van der Waals surface area (Å²) in [6.45, 7) is 0.510. The first-order valence-electron chi connectivity index (χ1n) is 10.3. The lowest BCUT2D eigenvalue weighted by Crippen LogP contribution is -2.35. The van der Waals surface area contributed by atoms with Crippen molar-refractivity contribution in [2.75, 3.05) is 17.2 Å². The highest BCUT2D eigenvalue weighted by atomic mass is 35.5. The Morgan fingerprint density at radius 1 is 1.12 bits per heavy atom. The molecule has 1 aliphatic rings. The number of aromatic nitrogens is 4. The van der Waals surface area contributed by atoms with Crippen LogP contribution in [0.1, 0.15) is 5.56 Å². The molecule has 1 atom stereocenters. The summed E-state index contributed by atoms with van der Waals surface area (Å²) >= 11 is 12.8. The van der Waals surface area contributed by atoms with Crippen LogP contribution in [0.4, 0.5) is 20.3 Å². The van der Waals surface area contributed by atoms with Gasteiger partial charge in [0.1, 0.15) is 10.8 Å². The first-order valence-corrected chi connectivity index (χ1v) is 11.0. The van der Waals surface area contributed by atoms with Gasteiger partial charge in [-0.1, -0.05) is 29.3 Å². The van der Waals surface area contributed by atoms with Crippen molar-refractivity contribution in [1.29, 1.82) is 0 Å². The lowest BCUT2D eigenvalue weighted by Gasteiger charge is -2.27. The Hall–Kier alpha value is -3.36. The Balaban J connectivity index is 1.41. The van der Waals surface area contributed by atoms with Gasteiger partial charge in [-0.15, -0.1) is 0 Å². The molecule has 5 aromatic rings. The number of benzene rings is 2. The summed E-state index contributed by atoms with van der Waals surface area (Å²) in [4.78, 5) is 12.5. The van der Waals surface area contributed by atoms with Crippen molar-refractivity contribution >= 4 is 51.3 Å². The van der Waals surface area contributed by atoms with Crippen LogP contribution >= 0.6 is 23.2 Å². The molecule has 0 saturated heterocycles. The standard InChI is InChI=1S/C23H16Cl2F2N6/c24-12-1-2-14-15(10-30-19(14)7-12)20-21(25)33-4-3-28-23(33)22(32-20)31-13-5-11-6-16(26)17(27)8-18(11)29-9-13/h1-4,6-8,10,13,29-30H,5,9H2,(H,31,32). The molecule has 0 saturated carbocycles. The molecule has 6 nitrogen and oxygen atoms in total. The first kappa shape index (κ1) is 20.3. The molecule has 166 valence electrons. The van der Waals surface area contributed by atoms with Crippen LogP contribution in [0.5, 0.6) is 0 Å². The number of hydrogen-bond donors (Lipinski definition) is 3. The monoisotopic (exact) mass is 484 g/mol. The van der Waals surface area contributed by atoms with E-state index in [4.69, 9.17) is 28.2 Å². The number of hydrogen-bond acceptors (Lipinski definition) is 4. The molecule has 0 spiro atoms. The van der Waals surface area contributed by atoms with E-state index in [0.29, 0.717) is 51.6 Å². The minimum absolute atomic E-state index is 0.119. The Morgan fingerprint density at radius 2 is 1.97 bits per heavy atom. The van der Waals surface area contributed by atoms with Crippen LogP contribution < -0.4 is 10.6 Å². The number of aromatic amines is 1. The molecule has 2 aromatic carbocycles. The summed E-state index contributed by atoms with van der Waals surface area (Å²) in [6, 6.07) is 7.88. The van der Waals surface area contributed by atoms with Crippen LogP contribution in [-0.4, -0.2) is 31.9 Å². The maximum absolute atomic E-state index is 13.8. The van der Waals surface area contributed by atoms with E-state index in [1.54, 1.807) is 16.8 Å². The molecule has 0 aliphatic carbocycles. The number of halogens is 4. The van der Waals surface area contributed by atoms with E-state index in [2.05, 4.69) is 20.6 Å². The highest BCUT2D eigenvalue weighted by Crippen LogP contribution is 2.36. The summed E-state index contributed by atoms with van der Waals surface area (Å²) in [7, 11) is 0. The fourth-order valence-corrected chi connectivity index (χ4v) is 4.76. The second-order valence-electron chi connectivity index (χ2n) is 7.96. The molecule has 4 heterocycles. The molecular formula is C23H16Cl2F2N6. The van der Waals surface area contributed by atoms with Gasteiger partial charge in [0.25, 0.3) is 0 Å². The first-order chi connectivity index (χ1) is 16.0. The van der Waals surface area contributed by atoms with E-state index in [9.17, 15) is 8.78 Å². The number of H-pyrrole nitrogens is 1. The highest BCUT2D eigenvalue weighted by molar-refractivity contribution is 6.33. The van der Waals surface area contributed by atoms with Gasteiger partial charge in [-0.25, -0.2) is 18.7 Å². The summed E-state index contributed by atoms with van der Waals surface area (Å²) in [5.74, 6) is -1.19. The number of nitrogens with one attached hydrogen (secondary N) is 3. The number of fused-ring (bicyclic) bond motifs is 3. The van der Waals surface area contributed by atoms with Crippen molar-refractivity contribution in [1.82, 2.24) is 19.4 Å². The minimum atomic E-state index is -0.865. The Kier molecular flexibility index (Phi) is 4.67. The third-order valence-corrected chi connectivity index (χ3v) is 6.47. The van der Waals surface area contributed by atoms with Crippen molar-refractivity contribution in [2.24, 2.45) is 0 Å². The van der Waals surface area contributed by atoms with Crippen LogP contribution in [-0.2, 0) is 6.42 Å². The number of imidazole rings is 1. The van der Waals surface area contributed by atoms with Crippen LogP contribution in [0, 0.1) is 11.6 Å². The van der Waals surface area contributed by atoms with E-state index in [1.165, 1.54) is 12.1 Å². The third kappa shape index (κ3) is 3.37. The van der Waals surface area contributed by atoms with Crippen molar-refractivity contribution in [3.63, 3.8) is 0 Å². The molecule has 6 rings (SSSR count). The van der Waals surface area contributed by atoms with E-state index in [0.717, 1.165) is 16.5 Å². The Labute approximate surface area is 196 Å². The molecule has 1 unspecified atom stereocenters. The van der Waals surface area contributed by atoms with Gasteiger partial charge in [-0.05, 0) is 30.2 Å². The quantitative estimate of drug-likeness (QED) is 0.297. The highest BCUT2D eigenvalue weighted by Gasteiger charge is 2.24. The molecular weight excluding hydrogens is 469 g/mol. The molecule has 3 aromatic heterocycles. The zero-order chi connectivity index (χ0) is 22.7. The fourth-order valence-electron chi connectivity index (χ4n) is 4.31. The van der Waals surface area contributed by atoms with Crippen LogP contribution in [0.2, 0.25) is 10.2 Å². The van der Waals surface area contributed by atoms with Crippen molar-refractivity contribution in [3.8, 4) is 11.3 Å². The van der Waals surface area contributed by atoms with E-state index in [-0.39, 0.29) is 6.04 Å². The lowest BCUT2D eigenvalue weighted by molar-refractivity contribution is 0.506. The smallest absolute Gasteiger partial charge is 0.181 e. The molecule has 0 amide bonds. The molecule has 33 heavy (non-hydrogen) atoms. The average Bonchev–Trinajstić information content (AvgIpc) is 3.44. The van der Waals surface area contributed by atoms with Gasteiger partial charge in [0.15, 0.2) is 23.1 Å². The topological polar surface area (TPSA) is 70.0 Å².